The van der Waals surface area contributed by atoms with Gasteiger partial charge in [-0.25, -0.2) is 18.7 Å². The Kier molecular flexibility index (Phi) is 6.55. The average molecular weight is 471 g/mol. The first-order chi connectivity index (χ1) is 17.0. The van der Waals surface area contributed by atoms with Crippen molar-refractivity contribution in [3.63, 3.8) is 0 Å². The Morgan fingerprint density at radius 2 is 1.80 bits per heavy atom. The number of rotatable bonds is 7. The molecule has 0 bridgehead atoms. The number of nitrogens with zero attached hydrogens (tertiary/aromatic N) is 3. The number of halogens is 2. The van der Waals surface area contributed by atoms with Crippen molar-refractivity contribution < 1.29 is 8.78 Å². The summed E-state index contributed by atoms with van der Waals surface area (Å²) >= 11 is 0. The van der Waals surface area contributed by atoms with Crippen molar-refractivity contribution in [1.29, 1.82) is 0 Å². The van der Waals surface area contributed by atoms with Gasteiger partial charge in [0.15, 0.2) is 11.6 Å². The van der Waals surface area contributed by atoms with Crippen molar-refractivity contribution in [2.75, 3.05) is 25.5 Å². The van der Waals surface area contributed by atoms with Gasteiger partial charge >= 0.3 is 0 Å². The number of fused-ring (bicyclic) bond motifs is 3. The van der Waals surface area contributed by atoms with E-state index in [9.17, 15) is 8.78 Å². The average Bonchev–Trinajstić information content (AvgIpc) is 2.89. The van der Waals surface area contributed by atoms with Gasteiger partial charge in [-0.1, -0.05) is 49.4 Å². The van der Waals surface area contributed by atoms with E-state index in [-0.39, 0.29) is 5.92 Å². The van der Waals surface area contributed by atoms with Gasteiger partial charge in [0, 0.05) is 29.9 Å². The zero-order valence-electron chi connectivity index (χ0n) is 19.9. The maximum atomic E-state index is 14.0. The lowest BCUT2D eigenvalue weighted by molar-refractivity contribution is 0.357. The smallest absolute Gasteiger partial charge is 0.227 e. The third-order valence-corrected chi connectivity index (χ3v) is 6.76. The predicted octanol–water partition coefficient (Wildman–Crippen LogP) is 6.35. The quantitative estimate of drug-likeness (QED) is 0.342. The van der Waals surface area contributed by atoms with E-state index in [0.717, 1.165) is 53.1 Å². The minimum absolute atomic E-state index is 0.0875. The largest absolute Gasteiger partial charge is 0.324 e. The standard InChI is InChI=1S/C29H28F2N4/c1-3-35(2)15-14-19-8-11-22(12-9-19)33-29-32-18-21-16-25(20-10-13-26(30)27(31)17-20)23-6-4-5-7-24(23)28(21)34-29/h4-13,17-18,25H,3,14-16H2,1-2H3,(H,32,33,34). The zero-order chi connectivity index (χ0) is 24.4. The summed E-state index contributed by atoms with van der Waals surface area (Å²) in [4.78, 5) is 11.7. The summed E-state index contributed by atoms with van der Waals surface area (Å²) in [5.74, 6) is -1.22. The number of aromatic nitrogens is 2. The van der Waals surface area contributed by atoms with E-state index in [1.165, 1.54) is 17.7 Å². The van der Waals surface area contributed by atoms with Gasteiger partial charge in [-0.2, -0.15) is 0 Å². The normalized spacial score (nSPS) is 14.5. The van der Waals surface area contributed by atoms with E-state index in [1.54, 1.807) is 6.07 Å². The summed E-state index contributed by atoms with van der Waals surface area (Å²) in [6, 6.07) is 20.5. The highest BCUT2D eigenvalue weighted by atomic mass is 19.2. The molecule has 0 radical (unpaired) electrons. The summed E-state index contributed by atoms with van der Waals surface area (Å²) in [6.45, 7) is 4.23. The lowest BCUT2D eigenvalue weighted by atomic mass is 9.78. The summed E-state index contributed by atoms with van der Waals surface area (Å²) < 4.78 is 27.5. The van der Waals surface area contributed by atoms with E-state index >= 15 is 0 Å². The van der Waals surface area contributed by atoms with Crippen LogP contribution in [0.15, 0.2) is 72.9 Å². The van der Waals surface area contributed by atoms with Crippen molar-refractivity contribution in [2.24, 2.45) is 0 Å². The highest BCUT2D eigenvalue weighted by molar-refractivity contribution is 5.73. The van der Waals surface area contributed by atoms with Crippen LogP contribution in [0.3, 0.4) is 0 Å². The highest BCUT2D eigenvalue weighted by Crippen LogP contribution is 2.42. The van der Waals surface area contributed by atoms with Gasteiger partial charge in [-0.15, -0.1) is 0 Å². The molecule has 1 aliphatic carbocycles. The third-order valence-electron chi connectivity index (χ3n) is 6.76. The van der Waals surface area contributed by atoms with Crippen molar-refractivity contribution in [3.8, 4) is 11.3 Å². The minimum atomic E-state index is -0.835. The number of anilines is 2. The topological polar surface area (TPSA) is 41.0 Å². The fourth-order valence-corrected chi connectivity index (χ4v) is 4.58. The molecule has 0 saturated heterocycles. The SMILES string of the molecule is CCN(C)CCc1ccc(Nc2ncc3c(n2)-c2ccccc2C(c2ccc(F)c(F)c2)C3)cc1. The monoisotopic (exact) mass is 470 g/mol. The molecular formula is C29H28F2N4. The molecule has 1 unspecified atom stereocenters. The number of hydrogen-bond donors (Lipinski definition) is 1. The fraction of sp³-hybridized carbons (Fsp3) is 0.241. The molecule has 4 nitrogen and oxygen atoms in total. The number of benzene rings is 3. The van der Waals surface area contributed by atoms with Crippen molar-refractivity contribution in [3.05, 3.63) is 107 Å². The molecule has 0 spiro atoms. The highest BCUT2D eigenvalue weighted by Gasteiger charge is 2.28. The van der Waals surface area contributed by atoms with Gasteiger partial charge in [0.25, 0.3) is 0 Å². The summed E-state index contributed by atoms with van der Waals surface area (Å²) in [6.07, 6.45) is 3.47. The molecule has 0 fully saturated rings. The van der Waals surface area contributed by atoms with E-state index < -0.39 is 11.6 Å². The zero-order valence-corrected chi connectivity index (χ0v) is 19.9. The Balaban J connectivity index is 1.39. The molecule has 1 heterocycles. The Bertz CT molecular complexity index is 1340. The predicted molar refractivity (Wildman–Crippen MR) is 136 cm³/mol. The lowest BCUT2D eigenvalue weighted by Gasteiger charge is -2.27. The van der Waals surface area contributed by atoms with Crippen LogP contribution in [0, 0.1) is 11.6 Å². The molecule has 1 atom stereocenters. The molecule has 3 aromatic carbocycles. The number of nitrogens with one attached hydrogen (secondary N) is 1. The van der Waals surface area contributed by atoms with E-state index in [0.29, 0.717) is 12.4 Å². The van der Waals surface area contributed by atoms with Gasteiger partial charge in [-0.3, -0.25) is 0 Å². The second kappa shape index (κ2) is 9.92. The molecule has 1 aromatic heterocycles. The van der Waals surface area contributed by atoms with Gasteiger partial charge in [0.05, 0.1) is 5.69 Å². The van der Waals surface area contributed by atoms with Crippen LogP contribution < -0.4 is 5.32 Å². The molecule has 0 aliphatic heterocycles. The first kappa shape index (κ1) is 23.1. The van der Waals surface area contributed by atoms with Gasteiger partial charge in [0.2, 0.25) is 5.95 Å². The number of hydrogen-bond acceptors (Lipinski definition) is 4. The summed E-state index contributed by atoms with van der Waals surface area (Å²) in [5.41, 5.74) is 6.87. The molecule has 4 aromatic rings. The van der Waals surface area contributed by atoms with Crippen LogP contribution in [-0.4, -0.2) is 35.0 Å². The van der Waals surface area contributed by atoms with Crippen LogP contribution in [0.25, 0.3) is 11.3 Å². The van der Waals surface area contributed by atoms with E-state index in [1.807, 2.05) is 30.5 Å². The lowest BCUT2D eigenvalue weighted by Crippen LogP contribution is -2.20. The Labute approximate surface area is 204 Å². The van der Waals surface area contributed by atoms with E-state index in [2.05, 4.69) is 53.4 Å². The minimum Gasteiger partial charge on any atom is -0.324 e. The molecule has 0 amide bonds. The van der Waals surface area contributed by atoms with Gasteiger partial charge in [-0.05, 0) is 73.0 Å². The Morgan fingerprint density at radius 1 is 1.00 bits per heavy atom. The molecule has 1 aliphatic rings. The van der Waals surface area contributed by atoms with Crippen molar-refractivity contribution in [1.82, 2.24) is 14.9 Å². The van der Waals surface area contributed by atoms with Crippen LogP contribution in [-0.2, 0) is 12.8 Å². The van der Waals surface area contributed by atoms with Gasteiger partial charge in [0.1, 0.15) is 0 Å². The molecule has 35 heavy (non-hydrogen) atoms. The molecular weight excluding hydrogens is 442 g/mol. The Hall–Kier alpha value is -3.64. The van der Waals surface area contributed by atoms with Crippen LogP contribution in [0.4, 0.5) is 20.4 Å². The van der Waals surface area contributed by atoms with Crippen LogP contribution in [0.1, 0.15) is 35.1 Å². The maximum absolute atomic E-state index is 14.0. The molecule has 178 valence electrons. The number of likely N-dealkylation sites (N-methyl/N-ethyl adjacent to an activating group) is 1. The second-order valence-corrected chi connectivity index (χ2v) is 9.05. The first-order valence-electron chi connectivity index (χ1n) is 12.0. The molecule has 6 heteroatoms. The molecule has 0 saturated carbocycles. The Morgan fingerprint density at radius 3 is 2.57 bits per heavy atom. The summed E-state index contributed by atoms with van der Waals surface area (Å²) in [7, 11) is 2.13. The second-order valence-electron chi connectivity index (χ2n) is 9.05. The summed E-state index contributed by atoms with van der Waals surface area (Å²) in [5, 5.41) is 3.32. The van der Waals surface area contributed by atoms with Crippen molar-refractivity contribution in [2.45, 2.75) is 25.7 Å². The van der Waals surface area contributed by atoms with Crippen molar-refractivity contribution >= 4 is 11.6 Å². The first-order valence-corrected chi connectivity index (χ1v) is 12.0. The fourth-order valence-electron chi connectivity index (χ4n) is 4.58. The van der Waals surface area contributed by atoms with Crippen LogP contribution in [0.2, 0.25) is 0 Å². The van der Waals surface area contributed by atoms with Crippen LogP contribution in [0.5, 0.6) is 0 Å². The molecule has 5 rings (SSSR count). The molecule has 1 N–H and O–H groups in total. The third kappa shape index (κ3) is 4.93. The maximum Gasteiger partial charge on any atom is 0.227 e. The van der Waals surface area contributed by atoms with E-state index in [4.69, 9.17) is 4.98 Å². The van der Waals surface area contributed by atoms with Crippen LogP contribution >= 0.6 is 0 Å². The van der Waals surface area contributed by atoms with Gasteiger partial charge < -0.3 is 10.2 Å².